The summed E-state index contributed by atoms with van der Waals surface area (Å²) in [6.07, 6.45) is 0.867. The predicted octanol–water partition coefficient (Wildman–Crippen LogP) is 5.06. The van der Waals surface area contributed by atoms with Crippen LogP contribution in [-0.2, 0) is 14.8 Å². The van der Waals surface area contributed by atoms with Gasteiger partial charge in [-0.15, -0.1) is 0 Å². The number of hydrogen-bond donors (Lipinski definition) is 0. The summed E-state index contributed by atoms with van der Waals surface area (Å²) in [6, 6.07) is 7.46. The third kappa shape index (κ3) is 4.36. The molecule has 0 amide bonds. The SMILES string of the molecule is O=C(Oc1cc(Cl)c(Cl)cc1Cl)C1CCCN1S(=O)(=O)c1ccc(Cl)cc1. The van der Waals surface area contributed by atoms with Crippen LogP contribution in [-0.4, -0.2) is 31.3 Å². The molecule has 144 valence electrons. The molecule has 5 nitrogen and oxygen atoms in total. The van der Waals surface area contributed by atoms with Crippen LogP contribution in [0.15, 0.2) is 41.3 Å². The summed E-state index contributed by atoms with van der Waals surface area (Å²) in [7, 11) is -3.87. The quantitative estimate of drug-likeness (QED) is 0.357. The number of nitrogens with zero attached hydrogens (tertiary/aromatic N) is 1. The summed E-state index contributed by atoms with van der Waals surface area (Å²) in [4.78, 5) is 12.7. The van der Waals surface area contributed by atoms with Crippen LogP contribution in [0.4, 0.5) is 0 Å². The Morgan fingerprint density at radius 3 is 2.30 bits per heavy atom. The van der Waals surface area contributed by atoms with Gasteiger partial charge in [-0.3, -0.25) is 0 Å². The standard InChI is InChI=1S/C17H13Cl4NO4S/c18-10-3-5-11(6-4-10)27(24,25)22-7-1-2-15(22)17(23)26-16-9-13(20)12(19)8-14(16)21/h3-6,8-9,15H,1-2,7H2. The summed E-state index contributed by atoms with van der Waals surface area (Å²) in [5, 5.41) is 0.902. The minimum atomic E-state index is -3.87. The Balaban J connectivity index is 1.84. The first-order valence-corrected chi connectivity index (χ1v) is 10.8. The van der Waals surface area contributed by atoms with E-state index in [0.717, 1.165) is 4.31 Å². The number of benzene rings is 2. The maximum atomic E-state index is 12.9. The molecule has 1 fully saturated rings. The Hall–Kier alpha value is -1.02. The van der Waals surface area contributed by atoms with Crippen molar-refractivity contribution in [1.82, 2.24) is 4.31 Å². The van der Waals surface area contributed by atoms with Gasteiger partial charge >= 0.3 is 5.97 Å². The van der Waals surface area contributed by atoms with Crippen LogP contribution in [0, 0.1) is 0 Å². The maximum absolute atomic E-state index is 12.9. The molecule has 1 aliphatic rings. The molecule has 2 aromatic rings. The Kier molecular flexibility index (Phi) is 6.25. The lowest BCUT2D eigenvalue weighted by Gasteiger charge is -2.23. The molecule has 2 aromatic carbocycles. The first kappa shape index (κ1) is 20.7. The van der Waals surface area contributed by atoms with Gasteiger partial charge in [-0.25, -0.2) is 13.2 Å². The Labute approximate surface area is 176 Å². The van der Waals surface area contributed by atoms with E-state index in [1.807, 2.05) is 0 Å². The van der Waals surface area contributed by atoms with Crippen molar-refractivity contribution >= 4 is 62.4 Å². The van der Waals surface area contributed by atoms with Crippen LogP contribution in [0.25, 0.3) is 0 Å². The van der Waals surface area contributed by atoms with Gasteiger partial charge in [0.15, 0.2) is 5.75 Å². The number of sulfonamides is 1. The minimum absolute atomic E-state index is 0.0202. The van der Waals surface area contributed by atoms with Crippen LogP contribution >= 0.6 is 46.4 Å². The van der Waals surface area contributed by atoms with Gasteiger partial charge in [-0.05, 0) is 43.2 Å². The molecular formula is C17H13Cl4NO4S. The number of esters is 1. The van der Waals surface area contributed by atoms with Gasteiger partial charge in [0.25, 0.3) is 0 Å². The van der Waals surface area contributed by atoms with Crippen LogP contribution in [0.2, 0.25) is 20.1 Å². The van der Waals surface area contributed by atoms with E-state index in [1.54, 1.807) is 0 Å². The van der Waals surface area contributed by atoms with Gasteiger partial charge in [0.05, 0.1) is 20.0 Å². The first-order valence-electron chi connectivity index (χ1n) is 7.84. The lowest BCUT2D eigenvalue weighted by atomic mass is 10.2. The number of hydrogen-bond acceptors (Lipinski definition) is 4. The van der Waals surface area contributed by atoms with E-state index < -0.39 is 22.0 Å². The van der Waals surface area contributed by atoms with E-state index in [2.05, 4.69) is 0 Å². The summed E-state index contributed by atoms with van der Waals surface area (Å²) in [5.74, 6) is -0.711. The van der Waals surface area contributed by atoms with Crippen molar-refractivity contribution in [2.24, 2.45) is 0 Å². The Morgan fingerprint density at radius 2 is 1.63 bits per heavy atom. The fourth-order valence-electron chi connectivity index (χ4n) is 2.76. The van der Waals surface area contributed by atoms with Crippen molar-refractivity contribution in [2.45, 2.75) is 23.8 Å². The van der Waals surface area contributed by atoms with Crippen molar-refractivity contribution < 1.29 is 17.9 Å². The molecule has 0 saturated carbocycles. The summed E-state index contributed by atoms with van der Waals surface area (Å²) in [5.41, 5.74) is 0. The highest BCUT2D eigenvalue weighted by Crippen LogP contribution is 2.35. The molecule has 1 saturated heterocycles. The van der Waals surface area contributed by atoms with E-state index in [4.69, 9.17) is 51.1 Å². The van der Waals surface area contributed by atoms with E-state index in [0.29, 0.717) is 17.9 Å². The molecular weight excluding hydrogens is 456 g/mol. The zero-order chi connectivity index (χ0) is 19.8. The summed E-state index contributed by atoms with van der Waals surface area (Å²) >= 11 is 23.6. The number of halogens is 4. The van der Waals surface area contributed by atoms with Gasteiger partial charge in [-0.1, -0.05) is 46.4 Å². The molecule has 1 aliphatic heterocycles. The second kappa shape index (κ2) is 8.15. The van der Waals surface area contributed by atoms with Crippen LogP contribution in [0.5, 0.6) is 5.75 Å². The molecule has 1 atom stereocenters. The maximum Gasteiger partial charge on any atom is 0.329 e. The molecule has 27 heavy (non-hydrogen) atoms. The molecule has 1 heterocycles. The number of carbonyl (C=O) groups is 1. The largest absolute Gasteiger partial charge is 0.424 e. The molecule has 0 aromatic heterocycles. The highest BCUT2D eigenvalue weighted by molar-refractivity contribution is 7.89. The normalized spacial score (nSPS) is 17.9. The second-order valence-corrected chi connectivity index (χ2v) is 9.39. The summed E-state index contributed by atoms with van der Waals surface area (Å²) < 4.78 is 32.2. The van der Waals surface area contributed by atoms with Crippen molar-refractivity contribution in [3.63, 3.8) is 0 Å². The van der Waals surface area contributed by atoms with Crippen LogP contribution in [0.1, 0.15) is 12.8 Å². The molecule has 1 unspecified atom stereocenters. The molecule has 0 radical (unpaired) electrons. The first-order chi connectivity index (χ1) is 12.7. The molecule has 3 rings (SSSR count). The topological polar surface area (TPSA) is 63.7 Å². The van der Waals surface area contributed by atoms with Gasteiger partial charge in [0.1, 0.15) is 6.04 Å². The van der Waals surface area contributed by atoms with Crippen LogP contribution < -0.4 is 4.74 Å². The van der Waals surface area contributed by atoms with E-state index in [9.17, 15) is 13.2 Å². The molecule has 0 aliphatic carbocycles. The second-order valence-electron chi connectivity index (χ2n) is 5.85. The predicted molar refractivity (Wildman–Crippen MR) is 105 cm³/mol. The number of ether oxygens (including phenoxy) is 1. The van der Waals surface area contributed by atoms with Gasteiger partial charge < -0.3 is 4.74 Å². The smallest absolute Gasteiger partial charge is 0.329 e. The molecule has 0 bridgehead atoms. The Bertz CT molecular complexity index is 979. The van der Waals surface area contributed by atoms with Crippen molar-refractivity contribution in [3.05, 3.63) is 56.5 Å². The average Bonchev–Trinajstić information content (AvgIpc) is 3.11. The zero-order valence-electron chi connectivity index (χ0n) is 13.7. The van der Waals surface area contributed by atoms with Crippen molar-refractivity contribution in [2.75, 3.05) is 6.54 Å². The third-order valence-corrected chi connectivity index (χ3v) is 7.27. The van der Waals surface area contributed by atoms with Gasteiger partial charge in [0, 0.05) is 17.6 Å². The minimum Gasteiger partial charge on any atom is -0.424 e. The molecule has 0 spiro atoms. The fourth-order valence-corrected chi connectivity index (χ4v) is 5.11. The van der Waals surface area contributed by atoms with Crippen LogP contribution in [0.3, 0.4) is 0 Å². The lowest BCUT2D eigenvalue weighted by Crippen LogP contribution is -2.42. The molecule has 0 N–H and O–H groups in total. The highest BCUT2D eigenvalue weighted by atomic mass is 35.5. The van der Waals surface area contributed by atoms with E-state index in [-0.39, 0.29) is 32.3 Å². The van der Waals surface area contributed by atoms with E-state index >= 15 is 0 Å². The third-order valence-electron chi connectivity index (χ3n) is 4.08. The highest BCUT2D eigenvalue weighted by Gasteiger charge is 2.40. The van der Waals surface area contributed by atoms with Gasteiger partial charge in [0.2, 0.25) is 10.0 Å². The monoisotopic (exact) mass is 467 g/mol. The average molecular weight is 469 g/mol. The van der Waals surface area contributed by atoms with Crippen molar-refractivity contribution in [1.29, 1.82) is 0 Å². The van der Waals surface area contributed by atoms with Crippen molar-refractivity contribution in [3.8, 4) is 5.75 Å². The zero-order valence-corrected chi connectivity index (χ0v) is 17.5. The lowest BCUT2D eigenvalue weighted by molar-refractivity contribution is -0.137. The van der Waals surface area contributed by atoms with E-state index in [1.165, 1.54) is 36.4 Å². The number of carbonyl (C=O) groups excluding carboxylic acids is 1. The van der Waals surface area contributed by atoms with Gasteiger partial charge in [-0.2, -0.15) is 4.31 Å². The summed E-state index contributed by atoms with van der Waals surface area (Å²) in [6.45, 7) is 0.208. The Morgan fingerprint density at radius 1 is 1.00 bits per heavy atom. The number of rotatable bonds is 4. The molecule has 10 heteroatoms. The fraction of sp³-hybridized carbons (Fsp3) is 0.235.